The van der Waals surface area contributed by atoms with Crippen molar-refractivity contribution in [2.75, 3.05) is 6.61 Å². The molecule has 1 N–H and O–H groups in total. The number of nitriles is 1. The Bertz CT molecular complexity index is 1360. The SMILES string of the molecule is CCOc1ccccc1/C=N/NC(=O)c1nn(-c2cccc(C(F)(F)F)c2)c(=O)c(C#N)c1C. The van der Waals surface area contributed by atoms with E-state index in [1.54, 1.807) is 30.3 Å². The highest BCUT2D eigenvalue weighted by molar-refractivity contribution is 5.95. The van der Waals surface area contributed by atoms with Crippen molar-refractivity contribution in [2.24, 2.45) is 5.10 Å². The molecule has 3 rings (SSSR count). The number of rotatable bonds is 6. The first-order valence-corrected chi connectivity index (χ1v) is 9.94. The number of para-hydroxylation sites is 1. The van der Waals surface area contributed by atoms with Crippen molar-refractivity contribution in [3.8, 4) is 17.5 Å². The van der Waals surface area contributed by atoms with Crippen LogP contribution in [0.4, 0.5) is 13.2 Å². The fourth-order valence-electron chi connectivity index (χ4n) is 3.03. The quantitative estimate of drug-likeness (QED) is 0.438. The maximum Gasteiger partial charge on any atom is 0.416 e. The summed E-state index contributed by atoms with van der Waals surface area (Å²) in [6, 6.07) is 12.5. The summed E-state index contributed by atoms with van der Waals surface area (Å²) >= 11 is 0. The minimum atomic E-state index is -4.66. The van der Waals surface area contributed by atoms with E-state index in [0.717, 1.165) is 12.1 Å². The summed E-state index contributed by atoms with van der Waals surface area (Å²) in [6.07, 6.45) is -3.32. The van der Waals surface area contributed by atoms with Crippen molar-refractivity contribution in [2.45, 2.75) is 20.0 Å². The van der Waals surface area contributed by atoms with Crippen molar-refractivity contribution in [1.82, 2.24) is 15.2 Å². The molecule has 0 unspecified atom stereocenters. The van der Waals surface area contributed by atoms with Gasteiger partial charge in [0.15, 0.2) is 5.69 Å². The molecular weight excluding hydrogens is 451 g/mol. The maximum absolute atomic E-state index is 13.1. The molecule has 34 heavy (non-hydrogen) atoms. The molecule has 2 aromatic carbocycles. The molecule has 0 fully saturated rings. The largest absolute Gasteiger partial charge is 0.493 e. The molecule has 0 radical (unpaired) electrons. The number of halogens is 3. The lowest BCUT2D eigenvalue weighted by molar-refractivity contribution is -0.137. The zero-order chi connectivity index (χ0) is 24.9. The summed E-state index contributed by atoms with van der Waals surface area (Å²) in [7, 11) is 0. The molecule has 1 heterocycles. The Balaban J connectivity index is 1.99. The van der Waals surface area contributed by atoms with E-state index in [1.807, 2.05) is 6.92 Å². The molecule has 1 amide bonds. The number of carbonyl (C=O) groups excluding carboxylic acids is 1. The van der Waals surface area contributed by atoms with Crippen LogP contribution in [0.2, 0.25) is 0 Å². The van der Waals surface area contributed by atoms with Gasteiger partial charge in [0.2, 0.25) is 0 Å². The van der Waals surface area contributed by atoms with Gasteiger partial charge in [0.1, 0.15) is 17.4 Å². The van der Waals surface area contributed by atoms with Crippen molar-refractivity contribution >= 4 is 12.1 Å². The first-order chi connectivity index (χ1) is 16.2. The van der Waals surface area contributed by atoms with E-state index in [2.05, 4.69) is 15.6 Å². The highest BCUT2D eigenvalue weighted by Crippen LogP contribution is 2.30. The Kier molecular flexibility index (Phi) is 7.11. The predicted octanol–water partition coefficient (Wildman–Crippen LogP) is 3.59. The van der Waals surface area contributed by atoms with Gasteiger partial charge in [-0.25, -0.2) is 5.43 Å². The van der Waals surface area contributed by atoms with Gasteiger partial charge in [0, 0.05) is 11.1 Å². The van der Waals surface area contributed by atoms with E-state index in [9.17, 15) is 28.0 Å². The second-order valence-electron chi connectivity index (χ2n) is 6.90. The van der Waals surface area contributed by atoms with Crippen LogP contribution >= 0.6 is 0 Å². The molecule has 0 aliphatic heterocycles. The monoisotopic (exact) mass is 469 g/mol. The molecule has 0 spiro atoms. The van der Waals surface area contributed by atoms with Gasteiger partial charge in [-0.3, -0.25) is 9.59 Å². The van der Waals surface area contributed by atoms with Crippen molar-refractivity contribution in [3.05, 3.63) is 86.8 Å². The van der Waals surface area contributed by atoms with Gasteiger partial charge < -0.3 is 4.74 Å². The van der Waals surface area contributed by atoms with E-state index >= 15 is 0 Å². The number of ether oxygens (including phenoxy) is 1. The van der Waals surface area contributed by atoms with Crippen LogP contribution in [0, 0.1) is 18.3 Å². The van der Waals surface area contributed by atoms with Crippen LogP contribution in [-0.2, 0) is 6.18 Å². The average molecular weight is 469 g/mol. The van der Waals surface area contributed by atoms with Crippen molar-refractivity contribution in [3.63, 3.8) is 0 Å². The number of hydrogen-bond acceptors (Lipinski definition) is 6. The molecule has 0 saturated carbocycles. The third-order valence-corrected chi connectivity index (χ3v) is 4.67. The number of hydrogen-bond donors (Lipinski definition) is 1. The van der Waals surface area contributed by atoms with Gasteiger partial charge in [0.05, 0.1) is 24.1 Å². The smallest absolute Gasteiger partial charge is 0.416 e. The highest BCUT2D eigenvalue weighted by atomic mass is 19.4. The molecule has 0 aliphatic rings. The van der Waals surface area contributed by atoms with Gasteiger partial charge >= 0.3 is 6.18 Å². The second-order valence-corrected chi connectivity index (χ2v) is 6.90. The maximum atomic E-state index is 13.1. The Labute approximate surface area is 191 Å². The summed E-state index contributed by atoms with van der Waals surface area (Å²) < 4.78 is 45.4. The number of nitrogens with one attached hydrogen (secondary N) is 1. The summed E-state index contributed by atoms with van der Waals surface area (Å²) in [5, 5.41) is 17.2. The van der Waals surface area contributed by atoms with E-state index < -0.39 is 28.8 Å². The number of benzene rings is 2. The van der Waals surface area contributed by atoms with Crippen LogP contribution in [0.3, 0.4) is 0 Å². The molecular formula is C23H18F3N5O3. The number of hydrazone groups is 1. The van der Waals surface area contributed by atoms with E-state index in [0.29, 0.717) is 28.7 Å². The standard InChI is InChI=1S/C23H18F3N5O3/c1-3-34-19-10-5-4-7-15(19)13-28-29-21(32)20-14(2)18(12-27)22(33)31(30-20)17-9-6-8-16(11-17)23(24,25)26/h4-11,13H,3H2,1-2H3,(H,29,32)/b28-13+. The third kappa shape index (κ3) is 5.12. The van der Waals surface area contributed by atoms with Crippen LogP contribution in [0.15, 0.2) is 58.4 Å². The normalized spacial score (nSPS) is 11.3. The van der Waals surface area contributed by atoms with Gasteiger partial charge in [-0.05, 0) is 44.2 Å². The summed E-state index contributed by atoms with van der Waals surface area (Å²) in [5.74, 6) is -0.318. The number of aromatic nitrogens is 2. The molecule has 0 saturated heterocycles. The molecule has 8 nitrogen and oxygen atoms in total. The molecule has 1 aromatic heterocycles. The molecule has 0 atom stereocenters. The zero-order valence-electron chi connectivity index (χ0n) is 18.1. The van der Waals surface area contributed by atoms with Gasteiger partial charge in [-0.15, -0.1) is 0 Å². The van der Waals surface area contributed by atoms with Crippen LogP contribution < -0.4 is 15.7 Å². The van der Waals surface area contributed by atoms with Gasteiger partial charge in [-0.2, -0.15) is 33.3 Å². The van der Waals surface area contributed by atoms with E-state index in [1.165, 1.54) is 19.2 Å². The van der Waals surface area contributed by atoms with Crippen LogP contribution in [0.25, 0.3) is 5.69 Å². The lowest BCUT2D eigenvalue weighted by Gasteiger charge is -2.12. The van der Waals surface area contributed by atoms with Crippen LogP contribution in [-0.4, -0.2) is 28.5 Å². The Morgan fingerprint density at radius 1 is 1.26 bits per heavy atom. The Morgan fingerprint density at radius 2 is 2.00 bits per heavy atom. The van der Waals surface area contributed by atoms with Crippen molar-refractivity contribution in [1.29, 1.82) is 5.26 Å². The molecule has 3 aromatic rings. The summed E-state index contributed by atoms with van der Waals surface area (Å²) in [6.45, 7) is 3.58. The third-order valence-electron chi connectivity index (χ3n) is 4.67. The van der Waals surface area contributed by atoms with Gasteiger partial charge in [-0.1, -0.05) is 18.2 Å². The molecule has 0 bridgehead atoms. The molecule has 174 valence electrons. The first-order valence-electron chi connectivity index (χ1n) is 9.94. The second kappa shape index (κ2) is 9.99. The van der Waals surface area contributed by atoms with Crippen molar-refractivity contribution < 1.29 is 22.7 Å². The van der Waals surface area contributed by atoms with Crippen LogP contribution in [0.1, 0.15) is 39.7 Å². The summed E-state index contributed by atoms with van der Waals surface area (Å²) in [4.78, 5) is 25.4. The zero-order valence-corrected chi connectivity index (χ0v) is 18.1. The minimum Gasteiger partial charge on any atom is -0.493 e. The van der Waals surface area contributed by atoms with Gasteiger partial charge in [0.25, 0.3) is 11.5 Å². The minimum absolute atomic E-state index is 0.0295. The lowest BCUT2D eigenvalue weighted by Crippen LogP contribution is -2.31. The van der Waals surface area contributed by atoms with E-state index in [-0.39, 0.29) is 16.9 Å². The average Bonchev–Trinajstić information content (AvgIpc) is 2.80. The number of alkyl halides is 3. The molecule has 11 heteroatoms. The first kappa shape index (κ1) is 24.2. The Morgan fingerprint density at radius 3 is 2.68 bits per heavy atom. The topological polar surface area (TPSA) is 109 Å². The summed E-state index contributed by atoms with van der Waals surface area (Å²) in [5.41, 5.74) is -0.183. The fourth-order valence-corrected chi connectivity index (χ4v) is 3.03. The van der Waals surface area contributed by atoms with Crippen LogP contribution in [0.5, 0.6) is 5.75 Å². The number of nitrogens with zero attached hydrogens (tertiary/aromatic N) is 4. The highest BCUT2D eigenvalue weighted by Gasteiger charge is 2.31. The number of carbonyl (C=O) groups is 1. The number of amides is 1. The molecule has 0 aliphatic carbocycles. The Hall–Kier alpha value is -4.46. The fraction of sp³-hybridized carbons (Fsp3) is 0.174. The predicted molar refractivity (Wildman–Crippen MR) is 117 cm³/mol. The lowest BCUT2D eigenvalue weighted by atomic mass is 10.1. The van der Waals surface area contributed by atoms with E-state index in [4.69, 9.17) is 4.74 Å².